The molecule has 0 heterocycles. The van der Waals surface area contributed by atoms with Crippen molar-refractivity contribution in [3.63, 3.8) is 0 Å². The topological polar surface area (TPSA) is 21.3 Å². The number of benzene rings is 2. The summed E-state index contributed by atoms with van der Waals surface area (Å²) in [5, 5.41) is 3.74. The molecule has 94 valence electrons. The van der Waals surface area contributed by atoms with Crippen LogP contribution in [0.25, 0.3) is 0 Å². The van der Waals surface area contributed by atoms with Crippen LogP contribution in [0.1, 0.15) is 5.56 Å². The van der Waals surface area contributed by atoms with Crippen LogP contribution in [0.15, 0.2) is 42.5 Å². The van der Waals surface area contributed by atoms with E-state index in [1.54, 1.807) is 0 Å². The van der Waals surface area contributed by atoms with Gasteiger partial charge in [-0.2, -0.15) is 0 Å². The summed E-state index contributed by atoms with van der Waals surface area (Å²) in [7, 11) is 1.90. The average molecular weight is 374 g/mol. The molecule has 4 heteroatoms. The van der Waals surface area contributed by atoms with Gasteiger partial charge in [-0.3, -0.25) is 0 Å². The predicted molar refractivity (Wildman–Crippen MR) is 83.4 cm³/mol. The molecule has 0 saturated heterocycles. The van der Waals surface area contributed by atoms with E-state index in [1.165, 1.54) is 0 Å². The summed E-state index contributed by atoms with van der Waals surface area (Å²) in [5.41, 5.74) is 1.05. The average Bonchev–Trinajstić information content (AvgIpc) is 2.36. The second kappa shape index (κ2) is 6.41. The van der Waals surface area contributed by atoms with Crippen LogP contribution in [0.5, 0.6) is 11.5 Å². The van der Waals surface area contributed by atoms with Crippen LogP contribution >= 0.6 is 34.2 Å². The molecule has 0 atom stereocenters. The van der Waals surface area contributed by atoms with Crippen LogP contribution in [0, 0.1) is 3.57 Å². The third-order valence-corrected chi connectivity index (χ3v) is 3.65. The second-order valence-electron chi connectivity index (χ2n) is 3.79. The van der Waals surface area contributed by atoms with Crippen LogP contribution in [-0.2, 0) is 6.54 Å². The number of hydrogen-bond acceptors (Lipinski definition) is 2. The Morgan fingerprint density at radius 1 is 1.17 bits per heavy atom. The molecule has 0 fully saturated rings. The summed E-state index contributed by atoms with van der Waals surface area (Å²) in [6, 6.07) is 13.7. The third kappa shape index (κ3) is 3.16. The van der Waals surface area contributed by atoms with Crippen LogP contribution in [0.4, 0.5) is 0 Å². The SMILES string of the molecule is CNCc1cccc(Cl)c1Oc1ccccc1I. The Hall–Kier alpha value is -0.780. The fraction of sp³-hybridized carbons (Fsp3) is 0.143. The van der Waals surface area contributed by atoms with Gasteiger partial charge in [-0.15, -0.1) is 0 Å². The molecule has 1 N–H and O–H groups in total. The van der Waals surface area contributed by atoms with E-state index in [0.717, 1.165) is 27.2 Å². The lowest BCUT2D eigenvalue weighted by Gasteiger charge is -2.13. The molecule has 0 unspecified atom stereocenters. The Balaban J connectivity index is 2.36. The van der Waals surface area contributed by atoms with Gasteiger partial charge in [0.1, 0.15) is 5.75 Å². The first-order valence-corrected chi connectivity index (χ1v) is 7.02. The van der Waals surface area contributed by atoms with Crippen molar-refractivity contribution >= 4 is 34.2 Å². The molecule has 0 radical (unpaired) electrons. The van der Waals surface area contributed by atoms with Gasteiger partial charge < -0.3 is 10.1 Å². The number of nitrogens with one attached hydrogen (secondary N) is 1. The van der Waals surface area contributed by atoms with E-state index >= 15 is 0 Å². The maximum absolute atomic E-state index is 6.21. The largest absolute Gasteiger partial charge is 0.454 e. The van der Waals surface area contributed by atoms with E-state index in [9.17, 15) is 0 Å². The monoisotopic (exact) mass is 373 g/mol. The summed E-state index contributed by atoms with van der Waals surface area (Å²) in [6.07, 6.45) is 0. The van der Waals surface area contributed by atoms with Gasteiger partial charge in [-0.25, -0.2) is 0 Å². The van der Waals surface area contributed by atoms with Gasteiger partial charge in [0.25, 0.3) is 0 Å². The molecule has 0 aromatic heterocycles. The Morgan fingerprint density at radius 3 is 2.67 bits per heavy atom. The van der Waals surface area contributed by atoms with Crippen molar-refractivity contribution in [3.05, 3.63) is 56.6 Å². The number of ether oxygens (including phenoxy) is 1. The second-order valence-corrected chi connectivity index (χ2v) is 5.36. The number of hydrogen-bond donors (Lipinski definition) is 1. The highest BCUT2D eigenvalue weighted by Crippen LogP contribution is 2.34. The van der Waals surface area contributed by atoms with E-state index in [-0.39, 0.29) is 0 Å². The third-order valence-electron chi connectivity index (χ3n) is 2.46. The maximum Gasteiger partial charge on any atom is 0.150 e. The molecule has 2 aromatic rings. The molecule has 18 heavy (non-hydrogen) atoms. The van der Waals surface area contributed by atoms with Crippen molar-refractivity contribution < 1.29 is 4.74 Å². The van der Waals surface area contributed by atoms with Crippen LogP contribution < -0.4 is 10.1 Å². The Bertz CT molecular complexity index is 545. The first kappa shape index (κ1) is 13.6. The van der Waals surface area contributed by atoms with Gasteiger partial charge in [0, 0.05) is 12.1 Å². The quantitative estimate of drug-likeness (QED) is 0.799. The van der Waals surface area contributed by atoms with Gasteiger partial charge in [0.15, 0.2) is 5.75 Å². The Kier molecular flexibility index (Phi) is 4.86. The summed E-state index contributed by atoms with van der Waals surface area (Å²) in [6.45, 7) is 0.722. The minimum Gasteiger partial charge on any atom is -0.454 e. The fourth-order valence-electron chi connectivity index (χ4n) is 1.63. The highest BCUT2D eigenvalue weighted by molar-refractivity contribution is 14.1. The van der Waals surface area contributed by atoms with E-state index in [4.69, 9.17) is 16.3 Å². The molecule has 2 nitrogen and oxygen atoms in total. The minimum absolute atomic E-state index is 0.627. The maximum atomic E-state index is 6.21. The molecule has 0 aliphatic rings. The highest BCUT2D eigenvalue weighted by Gasteiger charge is 2.10. The molecule has 2 aromatic carbocycles. The first-order chi connectivity index (χ1) is 8.72. The zero-order valence-corrected chi connectivity index (χ0v) is 12.8. The van der Waals surface area contributed by atoms with Crippen molar-refractivity contribution in [3.8, 4) is 11.5 Å². The predicted octanol–water partition coefficient (Wildman–Crippen LogP) is 4.46. The zero-order valence-electron chi connectivity index (χ0n) is 9.91. The van der Waals surface area contributed by atoms with Crippen molar-refractivity contribution in [1.29, 1.82) is 0 Å². The minimum atomic E-state index is 0.627. The summed E-state index contributed by atoms with van der Waals surface area (Å²) in [5.74, 6) is 1.54. The lowest BCUT2D eigenvalue weighted by Crippen LogP contribution is -2.06. The van der Waals surface area contributed by atoms with E-state index < -0.39 is 0 Å². The van der Waals surface area contributed by atoms with Crippen LogP contribution in [-0.4, -0.2) is 7.05 Å². The number of para-hydroxylation sites is 2. The lowest BCUT2D eigenvalue weighted by atomic mass is 10.2. The molecule has 0 saturated carbocycles. The van der Waals surface area contributed by atoms with Gasteiger partial charge in [-0.1, -0.05) is 35.9 Å². The summed E-state index contributed by atoms with van der Waals surface area (Å²) in [4.78, 5) is 0. The van der Waals surface area contributed by atoms with Crippen molar-refractivity contribution in [2.45, 2.75) is 6.54 Å². The van der Waals surface area contributed by atoms with Crippen molar-refractivity contribution in [2.24, 2.45) is 0 Å². The van der Waals surface area contributed by atoms with Gasteiger partial charge in [0.2, 0.25) is 0 Å². The van der Waals surface area contributed by atoms with Crippen LogP contribution in [0.3, 0.4) is 0 Å². The normalized spacial score (nSPS) is 10.4. The van der Waals surface area contributed by atoms with Crippen LogP contribution in [0.2, 0.25) is 5.02 Å². The first-order valence-electron chi connectivity index (χ1n) is 5.56. The molecule has 0 spiro atoms. The summed E-state index contributed by atoms with van der Waals surface area (Å²) >= 11 is 8.46. The van der Waals surface area contributed by atoms with Gasteiger partial charge >= 0.3 is 0 Å². The summed E-state index contributed by atoms with van der Waals surface area (Å²) < 4.78 is 7.00. The standard InChI is InChI=1S/C14H13ClINO/c1-17-9-10-5-4-6-11(15)14(10)18-13-8-3-2-7-12(13)16/h2-8,17H,9H2,1H3. The zero-order chi connectivity index (χ0) is 13.0. The Morgan fingerprint density at radius 2 is 1.94 bits per heavy atom. The molecule has 0 bridgehead atoms. The number of rotatable bonds is 4. The Labute approximate surface area is 125 Å². The van der Waals surface area contributed by atoms with Gasteiger partial charge in [0.05, 0.1) is 8.59 Å². The van der Waals surface area contributed by atoms with E-state index in [1.807, 2.05) is 49.5 Å². The van der Waals surface area contributed by atoms with E-state index in [0.29, 0.717) is 5.02 Å². The molecular weight excluding hydrogens is 361 g/mol. The highest BCUT2D eigenvalue weighted by atomic mass is 127. The van der Waals surface area contributed by atoms with Gasteiger partial charge in [-0.05, 0) is 47.8 Å². The van der Waals surface area contributed by atoms with Crippen molar-refractivity contribution in [1.82, 2.24) is 5.32 Å². The molecule has 0 aliphatic heterocycles. The molecular formula is C14H13ClINO. The molecule has 0 amide bonds. The molecule has 0 aliphatic carbocycles. The fourth-order valence-corrected chi connectivity index (χ4v) is 2.37. The van der Waals surface area contributed by atoms with Crippen molar-refractivity contribution in [2.75, 3.05) is 7.05 Å². The lowest BCUT2D eigenvalue weighted by molar-refractivity contribution is 0.471. The molecule has 2 rings (SSSR count). The smallest absolute Gasteiger partial charge is 0.150 e. The number of halogens is 2. The van der Waals surface area contributed by atoms with E-state index in [2.05, 4.69) is 27.9 Å².